The van der Waals surface area contributed by atoms with Crippen molar-refractivity contribution in [2.45, 2.75) is 26.7 Å². The van der Waals surface area contributed by atoms with Gasteiger partial charge in [0, 0.05) is 37.2 Å². The quantitative estimate of drug-likeness (QED) is 0.707. The summed E-state index contributed by atoms with van der Waals surface area (Å²) < 4.78 is 1.57. The fourth-order valence-corrected chi connectivity index (χ4v) is 3.78. The Hall–Kier alpha value is -2.94. The Morgan fingerprint density at radius 1 is 1.28 bits per heavy atom. The van der Waals surface area contributed by atoms with E-state index in [0.717, 1.165) is 43.4 Å². The molecule has 9 heteroatoms. The molecule has 0 aliphatic carbocycles. The van der Waals surface area contributed by atoms with Crippen LogP contribution in [0.15, 0.2) is 24.4 Å². The molecule has 3 aromatic rings. The van der Waals surface area contributed by atoms with Crippen molar-refractivity contribution in [2.24, 2.45) is 18.9 Å². The van der Waals surface area contributed by atoms with E-state index in [-0.39, 0.29) is 11.8 Å². The van der Waals surface area contributed by atoms with Crippen LogP contribution in [0, 0.1) is 11.8 Å². The molecule has 1 aliphatic heterocycles. The molecule has 29 heavy (non-hydrogen) atoms. The number of nitrogens with one attached hydrogen (secondary N) is 1. The number of carbonyl (C=O) groups is 1. The zero-order valence-corrected chi connectivity index (χ0v) is 17.0. The summed E-state index contributed by atoms with van der Waals surface area (Å²) in [6, 6.07) is 5.59. The van der Waals surface area contributed by atoms with E-state index in [1.54, 1.807) is 24.0 Å². The van der Waals surface area contributed by atoms with Crippen LogP contribution < -0.4 is 5.32 Å². The molecule has 4 rings (SSSR count). The molecule has 0 radical (unpaired) electrons. The van der Waals surface area contributed by atoms with Crippen molar-refractivity contribution in [1.29, 1.82) is 0 Å². The molecule has 1 amide bonds. The Balaban J connectivity index is 1.45. The zero-order valence-electron chi connectivity index (χ0n) is 17.0. The van der Waals surface area contributed by atoms with E-state index in [4.69, 9.17) is 0 Å². The largest absolute Gasteiger partial charge is 0.310 e. The summed E-state index contributed by atoms with van der Waals surface area (Å²) in [6.45, 7) is 7.49. The summed E-state index contributed by atoms with van der Waals surface area (Å²) in [6.07, 6.45) is 3.49. The number of pyridine rings is 2. The molecule has 0 bridgehead atoms. The smallest absolute Gasteiger partial charge is 0.228 e. The van der Waals surface area contributed by atoms with Gasteiger partial charge in [0.25, 0.3) is 0 Å². The maximum Gasteiger partial charge on any atom is 0.228 e. The summed E-state index contributed by atoms with van der Waals surface area (Å²) >= 11 is 0. The number of nitrogens with zero attached hydrogens (tertiary/aromatic N) is 7. The van der Waals surface area contributed by atoms with Gasteiger partial charge in [0.1, 0.15) is 11.5 Å². The van der Waals surface area contributed by atoms with E-state index in [2.05, 4.69) is 49.6 Å². The van der Waals surface area contributed by atoms with Gasteiger partial charge in [-0.3, -0.25) is 4.79 Å². The molecule has 1 aliphatic rings. The summed E-state index contributed by atoms with van der Waals surface area (Å²) in [4.78, 5) is 24.2. The second kappa shape index (κ2) is 8.20. The number of rotatable bonds is 5. The van der Waals surface area contributed by atoms with Crippen molar-refractivity contribution in [3.05, 3.63) is 24.4 Å². The number of fused-ring (bicyclic) bond motifs is 1. The second-order valence-electron chi connectivity index (χ2n) is 8.04. The van der Waals surface area contributed by atoms with Crippen molar-refractivity contribution in [3.8, 4) is 11.5 Å². The van der Waals surface area contributed by atoms with Gasteiger partial charge in [-0.25, -0.2) is 14.6 Å². The fraction of sp³-hybridized carbons (Fsp3) is 0.500. The second-order valence-corrected chi connectivity index (χ2v) is 8.04. The number of amides is 1. The Bertz CT molecular complexity index is 1010. The van der Waals surface area contributed by atoms with Crippen LogP contribution in [0.2, 0.25) is 0 Å². The molecule has 0 atom stereocenters. The highest BCUT2D eigenvalue weighted by Crippen LogP contribution is 2.22. The summed E-state index contributed by atoms with van der Waals surface area (Å²) in [5.41, 5.74) is 1.41. The first kappa shape index (κ1) is 19.4. The van der Waals surface area contributed by atoms with Gasteiger partial charge in [0.2, 0.25) is 5.91 Å². The lowest BCUT2D eigenvalue weighted by Gasteiger charge is -2.32. The van der Waals surface area contributed by atoms with E-state index in [0.29, 0.717) is 23.3 Å². The normalized spacial score (nSPS) is 15.9. The van der Waals surface area contributed by atoms with Gasteiger partial charge >= 0.3 is 0 Å². The first-order valence-electron chi connectivity index (χ1n) is 10.0. The van der Waals surface area contributed by atoms with Crippen LogP contribution in [0.1, 0.15) is 26.7 Å². The van der Waals surface area contributed by atoms with Crippen molar-refractivity contribution in [1.82, 2.24) is 35.1 Å². The van der Waals surface area contributed by atoms with Crippen molar-refractivity contribution >= 4 is 22.6 Å². The Morgan fingerprint density at radius 2 is 2.07 bits per heavy atom. The third-order valence-electron chi connectivity index (χ3n) is 5.26. The molecule has 4 heterocycles. The lowest BCUT2D eigenvalue weighted by Crippen LogP contribution is -2.39. The summed E-state index contributed by atoms with van der Waals surface area (Å²) in [5, 5.41) is 15.4. The lowest BCUT2D eigenvalue weighted by molar-refractivity contribution is -0.121. The maximum atomic E-state index is 12.7. The van der Waals surface area contributed by atoms with Crippen LogP contribution >= 0.6 is 0 Å². The number of piperidine rings is 1. The highest BCUT2D eigenvalue weighted by Gasteiger charge is 2.25. The molecule has 0 aromatic carbocycles. The number of tetrazole rings is 1. The summed E-state index contributed by atoms with van der Waals surface area (Å²) in [5.74, 6) is 1.82. The van der Waals surface area contributed by atoms with E-state index in [1.165, 1.54) is 0 Å². The minimum atomic E-state index is 0.0277. The van der Waals surface area contributed by atoms with Crippen LogP contribution in [0.5, 0.6) is 0 Å². The third kappa shape index (κ3) is 4.40. The number of aromatic nitrogens is 6. The third-order valence-corrected chi connectivity index (χ3v) is 5.26. The molecular formula is C20H26N8O. The summed E-state index contributed by atoms with van der Waals surface area (Å²) in [7, 11) is 1.77. The van der Waals surface area contributed by atoms with Crippen LogP contribution in [0.4, 0.5) is 5.82 Å². The predicted octanol–water partition coefficient (Wildman–Crippen LogP) is 2.13. The molecule has 1 saturated heterocycles. The average Bonchev–Trinajstić information content (AvgIpc) is 3.13. The number of likely N-dealkylation sites (tertiary alicyclic amines) is 1. The molecule has 0 unspecified atom stereocenters. The topological polar surface area (TPSA) is 102 Å². The molecule has 3 aromatic heterocycles. The maximum absolute atomic E-state index is 12.7. The Morgan fingerprint density at radius 3 is 2.76 bits per heavy atom. The zero-order chi connectivity index (χ0) is 20.4. The van der Waals surface area contributed by atoms with Crippen LogP contribution in [0.25, 0.3) is 22.4 Å². The highest BCUT2D eigenvalue weighted by molar-refractivity contribution is 5.93. The molecule has 152 valence electrons. The van der Waals surface area contributed by atoms with Crippen LogP contribution in [0.3, 0.4) is 0 Å². The number of anilines is 1. The van der Waals surface area contributed by atoms with Gasteiger partial charge in [-0.1, -0.05) is 13.8 Å². The highest BCUT2D eigenvalue weighted by atomic mass is 16.1. The fourth-order valence-electron chi connectivity index (χ4n) is 3.78. The monoisotopic (exact) mass is 394 g/mol. The molecule has 1 fully saturated rings. The first-order valence-corrected chi connectivity index (χ1v) is 10.0. The minimum absolute atomic E-state index is 0.0277. The van der Waals surface area contributed by atoms with E-state index < -0.39 is 0 Å². The van der Waals surface area contributed by atoms with E-state index in [9.17, 15) is 4.79 Å². The van der Waals surface area contributed by atoms with Gasteiger partial charge in [-0.15, -0.1) is 5.10 Å². The number of carbonyl (C=O) groups excluding carboxylic acids is 1. The van der Waals surface area contributed by atoms with Crippen molar-refractivity contribution in [2.75, 3.05) is 25.0 Å². The molecule has 0 saturated carbocycles. The Kier molecular flexibility index (Phi) is 5.48. The SMILES string of the molecule is CC(C)CN1CCC(C(=O)Nc2cc3nc(-c4nnnn4C)ccc3cn2)CC1. The van der Waals surface area contributed by atoms with Gasteiger partial charge in [-0.2, -0.15) is 0 Å². The molecular weight excluding hydrogens is 368 g/mol. The first-order chi connectivity index (χ1) is 14.0. The van der Waals surface area contributed by atoms with E-state index in [1.807, 2.05) is 12.1 Å². The Labute approximate surface area is 169 Å². The standard InChI is InChI=1S/C20H26N8O/c1-13(2)12-28-8-6-14(7-9-28)20(29)23-18-10-17-15(11-21-18)4-5-16(22-17)19-24-25-26-27(19)3/h4-5,10-11,13-14H,6-9,12H2,1-3H3,(H,21,23,29). The van der Waals surface area contributed by atoms with Crippen LogP contribution in [-0.4, -0.2) is 60.6 Å². The molecule has 0 spiro atoms. The minimum Gasteiger partial charge on any atom is -0.310 e. The number of hydrogen-bond donors (Lipinski definition) is 1. The van der Waals surface area contributed by atoms with E-state index >= 15 is 0 Å². The number of hydrogen-bond acceptors (Lipinski definition) is 7. The van der Waals surface area contributed by atoms with Crippen LogP contribution in [-0.2, 0) is 11.8 Å². The molecule has 9 nitrogen and oxygen atoms in total. The predicted molar refractivity (Wildman–Crippen MR) is 110 cm³/mol. The number of aryl methyl sites for hydroxylation is 1. The van der Waals surface area contributed by atoms with Gasteiger partial charge in [0.15, 0.2) is 5.82 Å². The molecule has 1 N–H and O–H groups in total. The van der Waals surface area contributed by atoms with Gasteiger partial charge < -0.3 is 10.2 Å². The van der Waals surface area contributed by atoms with Gasteiger partial charge in [-0.05, 0) is 54.4 Å². The van der Waals surface area contributed by atoms with Crippen molar-refractivity contribution < 1.29 is 4.79 Å². The van der Waals surface area contributed by atoms with Crippen molar-refractivity contribution in [3.63, 3.8) is 0 Å². The average molecular weight is 394 g/mol. The lowest BCUT2D eigenvalue weighted by atomic mass is 9.95. The van der Waals surface area contributed by atoms with Gasteiger partial charge in [0.05, 0.1) is 5.52 Å².